The molecule has 0 heterocycles. The fourth-order valence-corrected chi connectivity index (χ4v) is 1.64. The quantitative estimate of drug-likeness (QED) is 0.586. The second kappa shape index (κ2) is 6.82. The number of phenolic OH excluding ortho intramolecular Hbond substituents is 1. The highest BCUT2D eigenvalue weighted by Crippen LogP contribution is 2.28. The molecule has 0 amide bonds. The van der Waals surface area contributed by atoms with Crippen molar-refractivity contribution in [2.45, 2.75) is 25.8 Å². The molecule has 0 spiro atoms. The predicted molar refractivity (Wildman–Crippen MR) is 69.1 cm³/mol. The third kappa shape index (κ3) is 4.01. The molecule has 3 nitrogen and oxygen atoms in total. The molecule has 92 valence electrons. The van der Waals surface area contributed by atoms with E-state index in [0.717, 1.165) is 24.9 Å². The van der Waals surface area contributed by atoms with Gasteiger partial charge < -0.3 is 15.2 Å². The lowest BCUT2D eigenvalue weighted by molar-refractivity contribution is 0.404. The molecule has 1 aromatic rings. The van der Waals surface area contributed by atoms with Crippen LogP contribution in [-0.2, 0) is 0 Å². The maximum Gasteiger partial charge on any atom is 0.124 e. The first-order chi connectivity index (χ1) is 8.19. The van der Waals surface area contributed by atoms with Gasteiger partial charge in [-0.25, -0.2) is 0 Å². The molecule has 0 fully saturated rings. The molecule has 0 aliphatic rings. The Kier molecular flexibility index (Phi) is 5.38. The van der Waals surface area contributed by atoms with Crippen molar-refractivity contribution < 1.29 is 9.84 Å². The van der Waals surface area contributed by atoms with Gasteiger partial charge in [0.2, 0.25) is 0 Å². The van der Waals surface area contributed by atoms with Gasteiger partial charge in [0, 0.05) is 24.1 Å². The van der Waals surface area contributed by atoms with Gasteiger partial charge in [0.05, 0.1) is 7.11 Å². The maximum absolute atomic E-state index is 9.84. The van der Waals surface area contributed by atoms with E-state index in [4.69, 9.17) is 11.2 Å². The number of rotatable bonds is 6. The van der Waals surface area contributed by atoms with Gasteiger partial charge in [-0.2, -0.15) is 0 Å². The van der Waals surface area contributed by atoms with E-state index in [1.807, 2.05) is 19.1 Å². The van der Waals surface area contributed by atoms with E-state index >= 15 is 0 Å². The van der Waals surface area contributed by atoms with Crippen molar-refractivity contribution in [3.8, 4) is 23.8 Å². The summed E-state index contributed by atoms with van der Waals surface area (Å²) in [6.45, 7) is 2.86. The molecule has 1 aromatic carbocycles. The van der Waals surface area contributed by atoms with Crippen LogP contribution in [-0.4, -0.2) is 18.8 Å². The zero-order chi connectivity index (χ0) is 12.7. The second-order valence-electron chi connectivity index (χ2n) is 3.91. The van der Waals surface area contributed by atoms with Crippen molar-refractivity contribution in [1.82, 2.24) is 5.32 Å². The first-order valence-electron chi connectivity index (χ1n) is 5.72. The van der Waals surface area contributed by atoms with Gasteiger partial charge >= 0.3 is 0 Å². The summed E-state index contributed by atoms with van der Waals surface area (Å²) in [7, 11) is 1.58. The van der Waals surface area contributed by atoms with Crippen LogP contribution < -0.4 is 10.1 Å². The van der Waals surface area contributed by atoms with Crippen molar-refractivity contribution in [2.24, 2.45) is 0 Å². The fourth-order valence-electron chi connectivity index (χ4n) is 1.64. The number of unbranched alkanes of at least 4 members (excludes halogenated alkanes) is 1. The highest BCUT2D eigenvalue weighted by atomic mass is 16.5. The molecule has 1 unspecified atom stereocenters. The van der Waals surface area contributed by atoms with E-state index in [9.17, 15) is 5.11 Å². The van der Waals surface area contributed by atoms with E-state index in [1.54, 1.807) is 13.2 Å². The third-order valence-corrected chi connectivity index (χ3v) is 2.65. The number of hydrogen-bond donors (Lipinski definition) is 2. The van der Waals surface area contributed by atoms with Crippen LogP contribution in [0.1, 0.15) is 31.4 Å². The molecular weight excluding hydrogens is 214 g/mol. The first kappa shape index (κ1) is 13.4. The molecule has 0 aromatic heterocycles. The lowest BCUT2D eigenvalue weighted by atomic mass is 10.1. The van der Waals surface area contributed by atoms with Gasteiger partial charge in [0.15, 0.2) is 0 Å². The molecule has 0 saturated heterocycles. The zero-order valence-electron chi connectivity index (χ0n) is 10.4. The highest BCUT2D eigenvalue weighted by Gasteiger charge is 2.10. The zero-order valence-corrected chi connectivity index (χ0v) is 10.4. The van der Waals surface area contributed by atoms with Gasteiger partial charge in [0.25, 0.3) is 0 Å². The minimum absolute atomic E-state index is 0.0960. The molecule has 0 aliphatic heterocycles. The van der Waals surface area contributed by atoms with E-state index in [1.165, 1.54) is 0 Å². The Morgan fingerprint density at radius 1 is 1.53 bits per heavy atom. The molecule has 1 atom stereocenters. The summed E-state index contributed by atoms with van der Waals surface area (Å²) in [5.41, 5.74) is 0.867. The van der Waals surface area contributed by atoms with E-state index in [0.29, 0.717) is 5.75 Å². The summed E-state index contributed by atoms with van der Waals surface area (Å²) >= 11 is 0. The standard InChI is InChI=1S/C14H19NO2/c1-4-5-6-9-15-11(2)13-8-7-12(17-3)10-14(13)16/h1,7-8,10-11,15-16H,5-6,9H2,2-3H3. The van der Waals surface area contributed by atoms with E-state index in [-0.39, 0.29) is 11.8 Å². The molecule has 1 rings (SSSR count). The number of aromatic hydroxyl groups is 1. The van der Waals surface area contributed by atoms with Gasteiger partial charge in [-0.3, -0.25) is 0 Å². The topological polar surface area (TPSA) is 41.5 Å². The van der Waals surface area contributed by atoms with Crippen molar-refractivity contribution >= 4 is 0 Å². The van der Waals surface area contributed by atoms with Crippen LogP contribution in [0.25, 0.3) is 0 Å². The number of phenols is 1. The molecule has 0 radical (unpaired) electrons. The van der Waals surface area contributed by atoms with Gasteiger partial charge in [0.1, 0.15) is 11.5 Å². The molecular formula is C14H19NO2. The summed E-state index contributed by atoms with van der Waals surface area (Å²) in [6.07, 6.45) is 6.90. The number of ether oxygens (including phenoxy) is 1. The molecule has 0 bridgehead atoms. The van der Waals surface area contributed by atoms with Crippen LogP contribution in [0.5, 0.6) is 11.5 Å². The van der Waals surface area contributed by atoms with Crippen LogP contribution in [0.4, 0.5) is 0 Å². The molecule has 3 heteroatoms. The molecule has 2 N–H and O–H groups in total. The monoisotopic (exact) mass is 233 g/mol. The second-order valence-corrected chi connectivity index (χ2v) is 3.91. The summed E-state index contributed by atoms with van der Waals surface area (Å²) in [6, 6.07) is 5.43. The summed E-state index contributed by atoms with van der Waals surface area (Å²) in [4.78, 5) is 0. The van der Waals surface area contributed by atoms with Gasteiger partial charge in [-0.05, 0) is 26.0 Å². The summed E-state index contributed by atoms with van der Waals surface area (Å²) < 4.78 is 5.04. The summed E-state index contributed by atoms with van der Waals surface area (Å²) in [5, 5.41) is 13.2. The Labute approximate surface area is 103 Å². The van der Waals surface area contributed by atoms with Crippen molar-refractivity contribution in [3.63, 3.8) is 0 Å². The largest absolute Gasteiger partial charge is 0.507 e. The van der Waals surface area contributed by atoms with Crippen LogP contribution in [0, 0.1) is 12.3 Å². The van der Waals surface area contributed by atoms with Crippen molar-refractivity contribution in [3.05, 3.63) is 23.8 Å². The average Bonchev–Trinajstić information content (AvgIpc) is 2.34. The van der Waals surface area contributed by atoms with Gasteiger partial charge in [-0.1, -0.05) is 6.07 Å². The lowest BCUT2D eigenvalue weighted by Crippen LogP contribution is -2.19. The van der Waals surface area contributed by atoms with Crippen LogP contribution in [0.2, 0.25) is 0 Å². The normalized spacial score (nSPS) is 11.8. The molecule has 0 aliphatic carbocycles. The number of methoxy groups -OCH3 is 1. The predicted octanol–water partition coefficient (Wildman–Crippen LogP) is 2.46. The average molecular weight is 233 g/mol. The summed E-state index contributed by atoms with van der Waals surface area (Å²) in [5.74, 6) is 3.51. The lowest BCUT2D eigenvalue weighted by Gasteiger charge is -2.15. The number of nitrogens with one attached hydrogen (secondary N) is 1. The Morgan fingerprint density at radius 2 is 2.29 bits per heavy atom. The Balaban J connectivity index is 2.57. The van der Waals surface area contributed by atoms with Crippen LogP contribution in [0.15, 0.2) is 18.2 Å². The number of benzene rings is 1. The molecule has 0 saturated carbocycles. The van der Waals surface area contributed by atoms with Crippen LogP contribution in [0.3, 0.4) is 0 Å². The Hall–Kier alpha value is -1.66. The minimum atomic E-state index is 0.0960. The highest BCUT2D eigenvalue weighted by molar-refractivity contribution is 5.41. The fraction of sp³-hybridized carbons (Fsp3) is 0.429. The molecule has 17 heavy (non-hydrogen) atoms. The maximum atomic E-state index is 9.84. The Bertz CT molecular complexity index is 396. The van der Waals surface area contributed by atoms with E-state index < -0.39 is 0 Å². The van der Waals surface area contributed by atoms with E-state index in [2.05, 4.69) is 11.2 Å². The first-order valence-corrected chi connectivity index (χ1v) is 5.72. The minimum Gasteiger partial charge on any atom is -0.507 e. The SMILES string of the molecule is C#CCCCNC(C)c1ccc(OC)cc1O. The van der Waals surface area contributed by atoms with Gasteiger partial charge in [-0.15, -0.1) is 12.3 Å². The number of hydrogen-bond acceptors (Lipinski definition) is 3. The Morgan fingerprint density at radius 3 is 2.88 bits per heavy atom. The third-order valence-electron chi connectivity index (χ3n) is 2.65. The smallest absolute Gasteiger partial charge is 0.124 e. The van der Waals surface area contributed by atoms with Crippen molar-refractivity contribution in [2.75, 3.05) is 13.7 Å². The van der Waals surface area contributed by atoms with Crippen LogP contribution >= 0.6 is 0 Å². The number of terminal acetylenes is 1. The van der Waals surface area contributed by atoms with Crippen molar-refractivity contribution in [1.29, 1.82) is 0 Å².